The molecule has 0 fully saturated rings. The average molecular weight is 600 g/mol. The van der Waals surface area contributed by atoms with Crippen LogP contribution in [-0.4, -0.2) is 11.1 Å². The Morgan fingerprint density at radius 1 is 1.00 bits per heavy atom. The van der Waals surface area contributed by atoms with E-state index in [4.69, 9.17) is 4.74 Å². The van der Waals surface area contributed by atoms with Crippen molar-refractivity contribution in [3.05, 3.63) is 154 Å². The van der Waals surface area contributed by atoms with Crippen LogP contribution in [0.2, 0.25) is 0 Å². The summed E-state index contributed by atoms with van der Waals surface area (Å²) in [6.07, 6.45) is 16.2. The molecule has 9 rings (SSSR count). The molecule has 3 aliphatic carbocycles. The number of allylic oxidation sites excluding steroid dienone is 6. The lowest BCUT2D eigenvalue weighted by Gasteiger charge is -2.46. The number of ether oxygens (including phenoxy) is 1. The topological polar surface area (TPSA) is 41.2 Å². The molecule has 0 N–H and O–H groups in total. The van der Waals surface area contributed by atoms with Crippen LogP contribution in [0.4, 0.5) is 5.69 Å². The number of para-hydroxylation sites is 2. The summed E-state index contributed by atoms with van der Waals surface area (Å²) in [4.78, 5) is 2.49. The highest BCUT2D eigenvalue weighted by Crippen LogP contribution is 2.56. The SMILES string of the molecule is CC1CC=CC2=C1OC1=Cc3c(n(C4C=CC(CN5c6ccccc6C5c5cccc(C#N)c5)=CC4C)c4ccccc34)CC12C. The van der Waals surface area contributed by atoms with Crippen LogP contribution in [0.15, 0.2) is 126 Å². The first kappa shape index (κ1) is 27.3. The number of fused-ring (bicyclic) bond motifs is 6. The molecule has 4 heteroatoms. The molecular weight excluding hydrogens is 562 g/mol. The van der Waals surface area contributed by atoms with E-state index in [1.54, 1.807) is 0 Å². The van der Waals surface area contributed by atoms with Crippen molar-refractivity contribution in [1.29, 1.82) is 5.26 Å². The van der Waals surface area contributed by atoms with Gasteiger partial charge in [-0.05, 0) is 60.7 Å². The number of rotatable bonds is 4. The standard InChI is InChI=1S/C42H37N3O/c1-26-10-8-15-34-41(26)46-39-22-33-31-13-4-7-17-37(31)45(38(33)23-42(34,39)3)35-19-18-29(20-27(35)2)25-44-36-16-6-5-14-32(36)40(44)30-12-9-11-28(21-30)24-43/h4-9,11-22,26-27,35,40H,10,23,25H2,1-3H3. The van der Waals surface area contributed by atoms with E-state index in [1.807, 2.05) is 18.2 Å². The van der Waals surface area contributed by atoms with Crippen molar-refractivity contribution in [2.45, 2.75) is 45.7 Å². The molecule has 5 unspecified atom stereocenters. The first-order chi connectivity index (χ1) is 22.4. The molecule has 0 spiro atoms. The fourth-order valence-electron chi connectivity index (χ4n) is 8.73. The Bertz CT molecular complexity index is 2150. The van der Waals surface area contributed by atoms with Gasteiger partial charge in [-0.15, -0.1) is 0 Å². The molecule has 5 aliphatic rings. The summed E-state index contributed by atoms with van der Waals surface area (Å²) in [6, 6.07) is 28.3. The van der Waals surface area contributed by atoms with Gasteiger partial charge in [0.1, 0.15) is 11.5 Å². The maximum atomic E-state index is 9.55. The smallest absolute Gasteiger partial charge is 0.115 e. The Kier molecular flexibility index (Phi) is 5.93. The first-order valence-corrected chi connectivity index (χ1v) is 16.6. The van der Waals surface area contributed by atoms with E-state index in [2.05, 4.69) is 127 Å². The van der Waals surface area contributed by atoms with Crippen LogP contribution in [0.3, 0.4) is 0 Å². The summed E-state index contributed by atoms with van der Waals surface area (Å²) in [5.41, 5.74) is 11.0. The van der Waals surface area contributed by atoms with Gasteiger partial charge in [0.15, 0.2) is 0 Å². The largest absolute Gasteiger partial charge is 0.464 e. The third kappa shape index (κ3) is 3.84. The predicted molar refractivity (Wildman–Crippen MR) is 185 cm³/mol. The molecule has 3 heterocycles. The van der Waals surface area contributed by atoms with Crippen LogP contribution in [0.1, 0.15) is 67.2 Å². The Morgan fingerprint density at radius 3 is 2.72 bits per heavy atom. The van der Waals surface area contributed by atoms with E-state index in [1.165, 1.54) is 55.9 Å². The minimum Gasteiger partial charge on any atom is -0.464 e. The van der Waals surface area contributed by atoms with Crippen LogP contribution in [0.5, 0.6) is 0 Å². The normalized spacial score (nSPS) is 27.1. The number of nitriles is 1. The first-order valence-electron chi connectivity index (χ1n) is 16.6. The molecule has 0 saturated heterocycles. The third-order valence-corrected chi connectivity index (χ3v) is 11.1. The molecule has 0 saturated carbocycles. The van der Waals surface area contributed by atoms with Crippen LogP contribution in [0, 0.1) is 28.6 Å². The van der Waals surface area contributed by atoms with E-state index in [-0.39, 0.29) is 17.5 Å². The monoisotopic (exact) mass is 599 g/mol. The van der Waals surface area contributed by atoms with Crippen LogP contribution >= 0.6 is 0 Å². The Labute approximate surface area is 270 Å². The minimum absolute atomic E-state index is 0.148. The number of hydrogen-bond donors (Lipinski definition) is 0. The summed E-state index contributed by atoms with van der Waals surface area (Å²) in [5.74, 6) is 3.00. The van der Waals surface area contributed by atoms with E-state index >= 15 is 0 Å². The molecule has 3 aromatic carbocycles. The average Bonchev–Trinajstić information content (AvgIpc) is 3.54. The lowest BCUT2D eigenvalue weighted by molar-refractivity contribution is 0.241. The molecule has 4 nitrogen and oxygen atoms in total. The summed E-state index contributed by atoms with van der Waals surface area (Å²) >= 11 is 0. The number of aromatic nitrogens is 1. The molecule has 226 valence electrons. The second-order valence-corrected chi connectivity index (χ2v) is 14.0. The van der Waals surface area contributed by atoms with Gasteiger partial charge in [0.25, 0.3) is 0 Å². The molecule has 0 radical (unpaired) electrons. The molecule has 2 aliphatic heterocycles. The highest BCUT2D eigenvalue weighted by Gasteiger charge is 2.48. The molecule has 0 bridgehead atoms. The maximum absolute atomic E-state index is 9.55. The van der Waals surface area contributed by atoms with Gasteiger partial charge >= 0.3 is 0 Å². The molecule has 5 atom stereocenters. The zero-order valence-electron chi connectivity index (χ0n) is 26.6. The zero-order valence-corrected chi connectivity index (χ0v) is 26.6. The Morgan fingerprint density at radius 2 is 1.85 bits per heavy atom. The number of nitrogens with zero attached hydrogens (tertiary/aromatic N) is 3. The number of hydrogen-bond acceptors (Lipinski definition) is 3. The van der Waals surface area contributed by atoms with Crippen LogP contribution in [-0.2, 0) is 11.2 Å². The summed E-state index contributed by atoms with van der Waals surface area (Å²) in [7, 11) is 0. The van der Waals surface area contributed by atoms with Crippen molar-refractivity contribution >= 4 is 22.7 Å². The predicted octanol–water partition coefficient (Wildman–Crippen LogP) is 9.58. The number of benzene rings is 3. The molecule has 46 heavy (non-hydrogen) atoms. The number of anilines is 1. The van der Waals surface area contributed by atoms with E-state index in [9.17, 15) is 5.26 Å². The second-order valence-electron chi connectivity index (χ2n) is 14.0. The second kappa shape index (κ2) is 9.99. The molecular formula is C42H37N3O. The van der Waals surface area contributed by atoms with Gasteiger partial charge in [-0.3, -0.25) is 0 Å². The molecule has 1 aromatic heterocycles. The Hall–Kier alpha value is -5.01. The van der Waals surface area contributed by atoms with Crippen molar-refractivity contribution < 1.29 is 4.74 Å². The quantitative estimate of drug-likeness (QED) is 0.235. The van der Waals surface area contributed by atoms with E-state index in [0.717, 1.165) is 25.1 Å². The highest BCUT2D eigenvalue weighted by molar-refractivity contribution is 5.93. The summed E-state index contributed by atoms with van der Waals surface area (Å²) in [6.45, 7) is 7.86. The molecule has 0 amide bonds. The van der Waals surface area contributed by atoms with E-state index in [0.29, 0.717) is 17.4 Å². The van der Waals surface area contributed by atoms with Crippen molar-refractivity contribution in [3.63, 3.8) is 0 Å². The fraction of sp³-hybridized carbons (Fsp3) is 0.262. The summed E-state index contributed by atoms with van der Waals surface area (Å²) < 4.78 is 9.27. The van der Waals surface area contributed by atoms with Crippen LogP contribution < -0.4 is 4.90 Å². The van der Waals surface area contributed by atoms with Gasteiger partial charge in [0.05, 0.1) is 29.1 Å². The van der Waals surface area contributed by atoms with Crippen molar-refractivity contribution in [2.75, 3.05) is 11.4 Å². The van der Waals surface area contributed by atoms with Gasteiger partial charge in [-0.25, -0.2) is 0 Å². The summed E-state index contributed by atoms with van der Waals surface area (Å²) in [5, 5.41) is 10.9. The minimum atomic E-state index is -0.148. The van der Waals surface area contributed by atoms with Crippen molar-refractivity contribution in [1.82, 2.24) is 4.57 Å². The fourth-order valence-corrected chi connectivity index (χ4v) is 8.73. The maximum Gasteiger partial charge on any atom is 0.115 e. The van der Waals surface area contributed by atoms with Crippen molar-refractivity contribution in [2.24, 2.45) is 17.3 Å². The van der Waals surface area contributed by atoms with Gasteiger partial charge in [0.2, 0.25) is 0 Å². The van der Waals surface area contributed by atoms with Gasteiger partial charge in [-0.1, -0.05) is 92.8 Å². The molecule has 4 aromatic rings. The van der Waals surface area contributed by atoms with Gasteiger partial charge < -0.3 is 14.2 Å². The van der Waals surface area contributed by atoms with Gasteiger partial charge in [0, 0.05) is 57.9 Å². The lowest BCUT2D eigenvalue weighted by Crippen LogP contribution is -2.40. The van der Waals surface area contributed by atoms with E-state index < -0.39 is 0 Å². The Balaban J connectivity index is 1.06. The third-order valence-electron chi connectivity index (χ3n) is 11.1. The van der Waals surface area contributed by atoms with Crippen LogP contribution in [0.25, 0.3) is 17.0 Å². The zero-order chi connectivity index (χ0) is 31.2. The van der Waals surface area contributed by atoms with Gasteiger partial charge in [-0.2, -0.15) is 5.26 Å². The highest BCUT2D eigenvalue weighted by atomic mass is 16.5. The lowest BCUT2D eigenvalue weighted by atomic mass is 9.71. The van der Waals surface area contributed by atoms with Crippen molar-refractivity contribution in [3.8, 4) is 6.07 Å².